The molecule has 2 aliphatic rings. The number of amides is 2. The Kier molecular flexibility index (Phi) is 5.56. The molecule has 2 amide bonds. The van der Waals surface area contributed by atoms with Crippen LogP contribution in [0.5, 0.6) is 0 Å². The first-order valence-electron chi connectivity index (χ1n) is 10.8. The quantitative estimate of drug-likeness (QED) is 0.669. The Morgan fingerprint density at radius 2 is 1.94 bits per heavy atom. The molecule has 32 heavy (non-hydrogen) atoms. The highest BCUT2D eigenvalue weighted by atomic mass is 16.5. The predicted molar refractivity (Wildman–Crippen MR) is 122 cm³/mol. The standard InChI is InChI=1S/C25H24N4O3/c30-24-21-16-23(28-22(21)8-10-27-24)18-7-9-26-19(15-18)6-5-17-3-1-2-4-20(17)25(31)29-11-13-32-14-12-29/h1-7,9,15-16,28H,8,10-14H2,(H,27,30). The average Bonchev–Trinajstić information content (AvgIpc) is 3.29. The Hall–Kier alpha value is -3.71. The van der Waals surface area contributed by atoms with Crippen LogP contribution in [0.3, 0.4) is 0 Å². The number of pyridine rings is 1. The maximum Gasteiger partial charge on any atom is 0.254 e. The van der Waals surface area contributed by atoms with Crippen LogP contribution in [0.2, 0.25) is 0 Å². The molecule has 0 radical (unpaired) electrons. The van der Waals surface area contributed by atoms with Crippen molar-refractivity contribution in [3.8, 4) is 11.3 Å². The molecule has 1 aromatic carbocycles. The van der Waals surface area contributed by atoms with Crippen molar-refractivity contribution >= 4 is 24.0 Å². The van der Waals surface area contributed by atoms with Crippen LogP contribution in [0, 0.1) is 0 Å². The summed E-state index contributed by atoms with van der Waals surface area (Å²) in [5.41, 5.74) is 5.82. The second kappa shape index (κ2) is 8.80. The van der Waals surface area contributed by atoms with Crippen LogP contribution < -0.4 is 5.32 Å². The smallest absolute Gasteiger partial charge is 0.254 e. The number of hydrogen-bond donors (Lipinski definition) is 2. The van der Waals surface area contributed by atoms with Gasteiger partial charge in [0.15, 0.2) is 0 Å². The number of hydrogen-bond acceptors (Lipinski definition) is 4. The number of aromatic amines is 1. The van der Waals surface area contributed by atoms with E-state index in [4.69, 9.17) is 4.74 Å². The third-order valence-electron chi connectivity index (χ3n) is 5.82. The SMILES string of the molecule is O=C1NCCc2[nH]c(-c3ccnc(C=Cc4ccccc4C(=O)N4CCOCC4)c3)cc21. The highest BCUT2D eigenvalue weighted by molar-refractivity contribution is 5.99. The minimum absolute atomic E-state index is 0.0190. The third kappa shape index (κ3) is 4.07. The fourth-order valence-corrected chi connectivity index (χ4v) is 4.11. The van der Waals surface area contributed by atoms with Crippen molar-refractivity contribution in [2.24, 2.45) is 0 Å². The van der Waals surface area contributed by atoms with Crippen LogP contribution >= 0.6 is 0 Å². The van der Waals surface area contributed by atoms with E-state index in [9.17, 15) is 9.59 Å². The van der Waals surface area contributed by atoms with Gasteiger partial charge in [-0.05, 0) is 35.9 Å². The van der Waals surface area contributed by atoms with Crippen LogP contribution in [0.4, 0.5) is 0 Å². The molecule has 0 unspecified atom stereocenters. The first-order chi connectivity index (χ1) is 15.7. The third-order valence-corrected chi connectivity index (χ3v) is 5.82. The summed E-state index contributed by atoms with van der Waals surface area (Å²) in [5.74, 6) is -0.0185. The van der Waals surface area contributed by atoms with Crippen molar-refractivity contribution in [1.82, 2.24) is 20.2 Å². The fourth-order valence-electron chi connectivity index (χ4n) is 4.11. The van der Waals surface area contributed by atoms with Crippen LogP contribution in [-0.2, 0) is 11.2 Å². The van der Waals surface area contributed by atoms with E-state index in [1.54, 1.807) is 6.20 Å². The Morgan fingerprint density at radius 1 is 1.09 bits per heavy atom. The minimum Gasteiger partial charge on any atom is -0.378 e. The van der Waals surface area contributed by atoms with Gasteiger partial charge in [-0.3, -0.25) is 14.6 Å². The molecule has 4 heterocycles. The second-order valence-corrected chi connectivity index (χ2v) is 7.88. The van der Waals surface area contributed by atoms with Gasteiger partial charge in [0.05, 0.1) is 24.5 Å². The molecule has 1 fully saturated rings. The molecule has 7 heteroatoms. The van der Waals surface area contributed by atoms with Crippen LogP contribution in [0.1, 0.15) is 37.7 Å². The molecule has 2 aliphatic heterocycles. The summed E-state index contributed by atoms with van der Waals surface area (Å²) < 4.78 is 5.36. The zero-order valence-corrected chi connectivity index (χ0v) is 17.6. The molecule has 2 N–H and O–H groups in total. The lowest BCUT2D eigenvalue weighted by molar-refractivity contribution is 0.0302. The van der Waals surface area contributed by atoms with Gasteiger partial charge in [0, 0.05) is 54.8 Å². The Balaban J connectivity index is 1.39. The largest absolute Gasteiger partial charge is 0.378 e. The van der Waals surface area contributed by atoms with E-state index in [-0.39, 0.29) is 11.8 Å². The molecule has 1 saturated heterocycles. The van der Waals surface area contributed by atoms with Crippen molar-refractivity contribution in [3.05, 3.63) is 76.7 Å². The topological polar surface area (TPSA) is 87.3 Å². The predicted octanol–water partition coefficient (Wildman–Crippen LogP) is 3.01. The van der Waals surface area contributed by atoms with Crippen molar-refractivity contribution in [1.29, 1.82) is 0 Å². The van der Waals surface area contributed by atoms with Gasteiger partial charge >= 0.3 is 0 Å². The van der Waals surface area contributed by atoms with Crippen LogP contribution in [0.25, 0.3) is 23.4 Å². The van der Waals surface area contributed by atoms with E-state index in [2.05, 4.69) is 15.3 Å². The summed E-state index contributed by atoms with van der Waals surface area (Å²) in [7, 11) is 0. The van der Waals surface area contributed by atoms with Gasteiger partial charge in [0.2, 0.25) is 0 Å². The molecule has 5 rings (SSSR count). The molecule has 162 valence electrons. The normalized spacial score (nSPS) is 16.1. The van der Waals surface area contributed by atoms with E-state index >= 15 is 0 Å². The highest BCUT2D eigenvalue weighted by Gasteiger charge is 2.21. The zero-order chi connectivity index (χ0) is 21.9. The molecule has 0 bridgehead atoms. The minimum atomic E-state index is -0.0375. The molecule has 2 aromatic heterocycles. The number of fused-ring (bicyclic) bond motifs is 1. The van der Waals surface area contributed by atoms with E-state index in [0.717, 1.165) is 34.6 Å². The summed E-state index contributed by atoms with van der Waals surface area (Å²) in [6.07, 6.45) is 6.38. The number of rotatable bonds is 4. The molecule has 0 saturated carbocycles. The molecule has 0 spiro atoms. The first kappa shape index (κ1) is 20.2. The summed E-state index contributed by atoms with van der Waals surface area (Å²) in [6.45, 7) is 3.02. The van der Waals surface area contributed by atoms with Gasteiger partial charge in [-0.15, -0.1) is 0 Å². The lowest BCUT2D eigenvalue weighted by Gasteiger charge is -2.27. The maximum atomic E-state index is 13.0. The van der Waals surface area contributed by atoms with Gasteiger partial charge < -0.3 is 19.9 Å². The van der Waals surface area contributed by atoms with Gasteiger partial charge in [-0.2, -0.15) is 0 Å². The first-order valence-corrected chi connectivity index (χ1v) is 10.8. The number of carbonyl (C=O) groups is 2. The van der Waals surface area contributed by atoms with Gasteiger partial charge in [-0.25, -0.2) is 0 Å². The Morgan fingerprint density at radius 3 is 2.78 bits per heavy atom. The number of H-pyrrole nitrogens is 1. The number of aromatic nitrogens is 2. The van der Waals surface area contributed by atoms with Gasteiger partial charge in [0.25, 0.3) is 11.8 Å². The Bertz CT molecular complexity index is 1190. The number of ether oxygens (including phenoxy) is 1. The highest BCUT2D eigenvalue weighted by Crippen LogP contribution is 2.25. The maximum absolute atomic E-state index is 13.0. The lowest BCUT2D eigenvalue weighted by Crippen LogP contribution is -2.40. The average molecular weight is 428 g/mol. The molecular formula is C25H24N4O3. The summed E-state index contributed by atoms with van der Waals surface area (Å²) >= 11 is 0. The van der Waals surface area contributed by atoms with Crippen molar-refractivity contribution in [2.45, 2.75) is 6.42 Å². The van der Waals surface area contributed by atoms with Crippen molar-refractivity contribution < 1.29 is 14.3 Å². The Labute approximate surface area is 186 Å². The monoisotopic (exact) mass is 428 g/mol. The molecular weight excluding hydrogens is 404 g/mol. The van der Waals surface area contributed by atoms with Crippen LogP contribution in [-0.4, -0.2) is 59.5 Å². The lowest BCUT2D eigenvalue weighted by atomic mass is 10.0. The summed E-state index contributed by atoms with van der Waals surface area (Å²) in [5, 5.41) is 2.87. The van der Waals surface area contributed by atoms with E-state index in [0.29, 0.717) is 44.0 Å². The number of carbonyl (C=O) groups excluding carboxylic acids is 2. The number of benzene rings is 1. The molecule has 3 aromatic rings. The zero-order valence-electron chi connectivity index (χ0n) is 17.6. The number of morpholine rings is 1. The molecule has 0 atom stereocenters. The number of nitrogens with zero attached hydrogens (tertiary/aromatic N) is 2. The van der Waals surface area contributed by atoms with Gasteiger partial charge in [-0.1, -0.05) is 24.3 Å². The summed E-state index contributed by atoms with van der Waals surface area (Å²) in [4.78, 5) is 34.7. The number of nitrogens with one attached hydrogen (secondary N) is 2. The fraction of sp³-hybridized carbons (Fsp3) is 0.240. The molecule has 7 nitrogen and oxygen atoms in total. The summed E-state index contributed by atoms with van der Waals surface area (Å²) in [6, 6.07) is 13.4. The van der Waals surface area contributed by atoms with Gasteiger partial charge in [0.1, 0.15) is 0 Å². The van der Waals surface area contributed by atoms with E-state index < -0.39 is 0 Å². The molecule has 0 aliphatic carbocycles. The van der Waals surface area contributed by atoms with E-state index in [1.165, 1.54) is 0 Å². The van der Waals surface area contributed by atoms with Crippen molar-refractivity contribution in [2.75, 3.05) is 32.8 Å². The van der Waals surface area contributed by atoms with Crippen LogP contribution in [0.15, 0.2) is 48.7 Å². The second-order valence-electron chi connectivity index (χ2n) is 7.88. The van der Waals surface area contributed by atoms with E-state index in [1.807, 2.05) is 59.5 Å². The van der Waals surface area contributed by atoms with Crippen molar-refractivity contribution in [3.63, 3.8) is 0 Å².